The summed E-state index contributed by atoms with van der Waals surface area (Å²) in [4.78, 5) is 0. The first-order valence-electron chi connectivity index (χ1n) is 3.09. The van der Waals surface area contributed by atoms with Gasteiger partial charge in [0.25, 0.3) is 0 Å². The zero-order valence-corrected chi connectivity index (χ0v) is 7.39. The Labute approximate surface area is 68.9 Å². The Bertz CT molecular complexity index is 211. The van der Waals surface area contributed by atoms with Gasteiger partial charge < -0.3 is 4.42 Å². The molecule has 1 aromatic heterocycles. The third-order valence-corrected chi connectivity index (χ3v) is 2.03. The lowest BCUT2D eigenvalue weighted by atomic mass is 10.3. The van der Waals surface area contributed by atoms with Crippen LogP contribution in [0.4, 0.5) is 0 Å². The van der Waals surface area contributed by atoms with Crippen LogP contribution in [0, 0.1) is 0 Å². The van der Waals surface area contributed by atoms with Gasteiger partial charge in [0, 0.05) is 5.33 Å². The molecule has 1 rings (SSSR count). The lowest BCUT2D eigenvalue weighted by Gasteiger charge is -1.89. The fourth-order valence-electron chi connectivity index (χ4n) is 0.655. The molecule has 1 aromatic rings. The third kappa shape index (κ3) is 2.03. The van der Waals surface area contributed by atoms with Crippen LogP contribution >= 0.6 is 15.9 Å². The van der Waals surface area contributed by atoms with Gasteiger partial charge in [0.1, 0.15) is 5.76 Å². The maximum atomic E-state index is 5.11. The van der Waals surface area contributed by atoms with E-state index < -0.39 is 0 Å². The first-order chi connectivity index (χ1) is 4.83. The molecular weight excluding hydrogens is 192 g/mol. The van der Waals surface area contributed by atoms with E-state index in [1.807, 2.05) is 18.2 Å². The zero-order valence-electron chi connectivity index (χ0n) is 5.80. The van der Waals surface area contributed by atoms with Gasteiger partial charge >= 0.3 is 0 Å². The van der Waals surface area contributed by atoms with Crippen molar-refractivity contribution in [2.45, 2.75) is 6.92 Å². The molecule has 0 amide bonds. The summed E-state index contributed by atoms with van der Waals surface area (Å²) in [7, 11) is 0. The molecule has 0 fully saturated rings. The summed E-state index contributed by atoms with van der Waals surface area (Å²) in [6, 6.07) is 3.82. The minimum Gasteiger partial charge on any atom is -0.465 e. The summed E-state index contributed by atoms with van der Waals surface area (Å²) in [5.74, 6) is 0.914. The van der Waals surface area contributed by atoms with E-state index in [0.717, 1.165) is 11.1 Å². The highest BCUT2D eigenvalue weighted by Crippen LogP contribution is 2.08. The summed E-state index contributed by atoms with van der Waals surface area (Å²) in [6.45, 7) is 2.05. The maximum Gasteiger partial charge on any atom is 0.126 e. The number of alkyl halides is 1. The Balaban J connectivity index is 2.71. The van der Waals surface area contributed by atoms with Crippen molar-refractivity contribution in [3.8, 4) is 0 Å². The van der Waals surface area contributed by atoms with Crippen molar-refractivity contribution in [1.82, 2.24) is 0 Å². The SMILES string of the molecule is C/C(=C/c1ccco1)CBr. The molecule has 0 N–H and O–H groups in total. The summed E-state index contributed by atoms with van der Waals surface area (Å²) >= 11 is 3.35. The predicted octanol–water partition coefficient (Wildman–Crippen LogP) is 3.08. The van der Waals surface area contributed by atoms with Gasteiger partial charge in [-0.05, 0) is 25.1 Å². The van der Waals surface area contributed by atoms with E-state index in [1.54, 1.807) is 6.26 Å². The molecule has 1 heterocycles. The standard InChI is InChI=1S/C8H9BrO/c1-7(6-9)5-8-3-2-4-10-8/h2-5H,6H2,1H3/b7-5-. The second kappa shape index (κ2) is 3.62. The van der Waals surface area contributed by atoms with Gasteiger partial charge in [0.05, 0.1) is 6.26 Å². The molecule has 0 bridgehead atoms. The van der Waals surface area contributed by atoms with Gasteiger partial charge in [0.15, 0.2) is 0 Å². The van der Waals surface area contributed by atoms with Crippen LogP contribution in [0.1, 0.15) is 12.7 Å². The number of hydrogen-bond acceptors (Lipinski definition) is 1. The van der Waals surface area contributed by atoms with Crippen molar-refractivity contribution in [3.63, 3.8) is 0 Å². The summed E-state index contributed by atoms with van der Waals surface area (Å²) in [5.41, 5.74) is 1.26. The normalized spacial score (nSPS) is 12.0. The van der Waals surface area contributed by atoms with Crippen LogP contribution in [0.15, 0.2) is 28.4 Å². The van der Waals surface area contributed by atoms with Crippen molar-refractivity contribution >= 4 is 22.0 Å². The molecule has 0 unspecified atom stereocenters. The largest absolute Gasteiger partial charge is 0.465 e. The molecular formula is C8H9BrO. The van der Waals surface area contributed by atoms with E-state index in [1.165, 1.54) is 5.57 Å². The van der Waals surface area contributed by atoms with Gasteiger partial charge in [-0.3, -0.25) is 0 Å². The molecule has 0 aliphatic rings. The number of rotatable bonds is 2. The lowest BCUT2D eigenvalue weighted by molar-refractivity contribution is 0.556. The van der Waals surface area contributed by atoms with Crippen LogP contribution in [0.25, 0.3) is 6.08 Å². The molecule has 2 heteroatoms. The lowest BCUT2D eigenvalue weighted by Crippen LogP contribution is -1.73. The maximum absolute atomic E-state index is 5.11. The Kier molecular flexibility index (Phi) is 2.75. The Morgan fingerprint density at radius 3 is 3.10 bits per heavy atom. The van der Waals surface area contributed by atoms with Crippen LogP contribution in [0.5, 0.6) is 0 Å². The fraction of sp³-hybridized carbons (Fsp3) is 0.250. The average Bonchev–Trinajstić information content (AvgIpc) is 2.40. The number of allylic oxidation sites excluding steroid dienone is 1. The first kappa shape index (κ1) is 7.61. The van der Waals surface area contributed by atoms with Crippen molar-refractivity contribution in [1.29, 1.82) is 0 Å². The second-order valence-corrected chi connectivity index (χ2v) is 2.70. The van der Waals surface area contributed by atoms with E-state index in [2.05, 4.69) is 22.9 Å². The van der Waals surface area contributed by atoms with Gasteiger partial charge in [-0.25, -0.2) is 0 Å². The highest BCUT2D eigenvalue weighted by atomic mass is 79.9. The van der Waals surface area contributed by atoms with Gasteiger partial charge in [-0.2, -0.15) is 0 Å². The minimum atomic E-state index is 0.897. The van der Waals surface area contributed by atoms with E-state index in [-0.39, 0.29) is 0 Å². The van der Waals surface area contributed by atoms with Crippen molar-refractivity contribution in [2.24, 2.45) is 0 Å². The van der Waals surface area contributed by atoms with Gasteiger partial charge in [-0.15, -0.1) is 0 Å². The molecule has 10 heavy (non-hydrogen) atoms. The van der Waals surface area contributed by atoms with Crippen molar-refractivity contribution in [3.05, 3.63) is 29.7 Å². The first-order valence-corrected chi connectivity index (χ1v) is 4.21. The zero-order chi connectivity index (χ0) is 7.40. The van der Waals surface area contributed by atoms with Gasteiger partial charge in [0.2, 0.25) is 0 Å². The van der Waals surface area contributed by atoms with Crippen LogP contribution in [0.3, 0.4) is 0 Å². The highest BCUT2D eigenvalue weighted by Gasteiger charge is 1.89. The van der Waals surface area contributed by atoms with Crippen molar-refractivity contribution in [2.75, 3.05) is 5.33 Å². The monoisotopic (exact) mass is 200 g/mol. The Hall–Kier alpha value is -0.500. The summed E-state index contributed by atoms with van der Waals surface area (Å²) < 4.78 is 5.11. The fourth-order valence-corrected chi connectivity index (χ4v) is 0.817. The highest BCUT2D eigenvalue weighted by molar-refractivity contribution is 9.09. The Morgan fingerprint density at radius 2 is 2.60 bits per heavy atom. The molecule has 0 spiro atoms. The molecule has 0 saturated heterocycles. The van der Waals surface area contributed by atoms with E-state index >= 15 is 0 Å². The third-order valence-electron chi connectivity index (χ3n) is 1.14. The van der Waals surface area contributed by atoms with Crippen LogP contribution in [-0.4, -0.2) is 5.33 Å². The number of hydrogen-bond donors (Lipinski definition) is 0. The number of halogens is 1. The molecule has 0 aliphatic carbocycles. The average molecular weight is 201 g/mol. The topological polar surface area (TPSA) is 13.1 Å². The van der Waals surface area contributed by atoms with Gasteiger partial charge in [-0.1, -0.05) is 21.5 Å². The smallest absolute Gasteiger partial charge is 0.126 e. The number of furan rings is 1. The molecule has 0 aliphatic heterocycles. The van der Waals surface area contributed by atoms with Crippen LogP contribution in [-0.2, 0) is 0 Å². The molecule has 0 aromatic carbocycles. The van der Waals surface area contributed by atoms with E-state index in [9.17, 15) is 0 Å². The van der Waals surface area contributed by atoms with E-state index in [4.69, 9.17) is 4.42 Å². The Morgan fingerprint density at radius 1 is 1.80 bits per heavy atom. The molecule has 0 atom stereocenters. The summed E-state index contributed by atoms with van der Waals surface area (Å²) in [5, 5.41) is 0.897. The predicted molar refractivity (Wildman–Crippen MR) is 46.2 cm³/mol. The molecule has 54 valence electrons. The summed E-state index contributed by atoms with van der Waals surface area (Å²) in [6.07, 6.45) is 3.68. The van der Waals surface area contributed by atoms with Crippen LogP contribution < -0.4 is 0 Å². The van der Waals surface area contributed by atoms with E-state index in [0.29, 0.717) is 0 Å². The second-order valence-electron chi connectivity index (χ2n) is 2.14. The molecule has 0 saturated carbocycles. The molecule has 0 radical (unpaired) electrons. The molecule has 1 nitrogen and oxygen atoms in total. The quantitative estimate of drug-likeness (QED) is 0.670. The van der Waals surface area contributed by atoms with Crippen molar-refractivity contribution < 1.29 is 4.42 Å². The minimum absolute atomic E-state index is 0.897. The van der Waals surface area contributed by atoms with Crippen LogP contribution in [0.2, 0.25) is 0 Å².